The standard InChI is InChI=1S/C16H19NO4/c1-9-10(2)21-15-12(9)4-3-5-13(15)16(20)17(8-14(18)19)11-6-7-11/h3-5,9-11H,6-8H2,1-2H3,(H,18,19). The van der Waals surface area contributed by atoms with Crippen LogP contribution in [0.2, 0.25) is 0 Å². The summed E-state index contributed by atoms with van der Waals surface area (Å²) in [6, 6.07) is 5.60. The van der Waals surface area contributed by atoms with Gasteiger partial charge in [0.15, 0.2) is 0 Å². The molecule has 1 amide bonds. The molecule has 1 saturated carbocycles. The summed E-state index contributed by atoms with van der Waals surface area (Å²) in [6.45, 7) is 3.80. The van der Waals surface area contributed by atoms with Crippen molar-refractivity contribution in [3.63, 3.8) is 0 Å². The first-order valence-electron chi connectivity index (χ1n) is 7.31. The second kappa shape index (κ2) is 5.06. The zero-order valence-electron chi connectivity index (χ0n) is 12.2. The van der Waals surface area contributed by atoms with Crippen molar-refractivity contribution in [2.45, 2.75) is 44.8 Å². The van der Waals surface area contributed by atoms with E-state index in [1.807, 2.05) is 19.1 Å². The number of hydrogen-bond donors (Lipinski definition) is 1. The van der Waals surface area contributed by atoms with Crippen LogP contribution in [0.5, 0.6) is 5.75 Å². The minimum absolute atomic E-state index is 0.0304. The molecule has 2 unspecified atom stereocenters. The number of carbonyl (C=O) groups excluding carboxylic acids is 1. The van der Waals surface area contributed by atoms with Crippen LogP contribution >= 0.6 is 0 Å². The van der Waals surface area contributed by atoms with Gasteiger partial charge in [0.05, 0.1) is 5.56 Å². The Kier molecular flexibility index (Phi) is 3.35. The van der Waals surface area contributed by atoms with Crippen LogP contribution in [0.15, 0.2) is 18.2 Å². The van der Waals surface area contributed by atoms with E-state index in [4.69, 9.17) is 9.84 Å². The lowest BCUT2D eigenvalue weighted by Gasteiger charge is -2.21. The predicted molar refractivity (Wildman–Crippen MR) is 76.6 cm³/mol. The lowest BCUT2D eigenvalue weighted by atomic mass is 9.96. The molecule has 0 spiro atoms. The molecule has 0 radical (unpaired) electrons. The van der Waals surface area contributed by atoms with E-state index in [0.717, 1.165) is 18.4 Å². The Balaban J connectivity index is 1.93. The van der Waals surface area contributed by atoms with E-state index in [9.17, 15) is 9.59 Å². The zero-order chi connectivity index (χ0) is 15.1. The highest BCUT2D eigenvalue weighted by Gasteiger charge is 2.37. The number of fused-ring (bicyclic) bond motifs is 1. The Morgan fingerprint density at radius 1 is 1.33 bits per heavy atom. The fourth-order valence-electron chi connectivity index (χ4n) is 2.81. The van der Waals surface area contributed by atoms with Crippen molar-refractivity contribution in [1.29, 1.82) is 0 Å². The highest BCUT2D eigenvalue weighted by molar-refractivity contribution is 5.99. The molecule has 2 aliphatic rings. The monoisotopic (exact) mass is 289 g/mol. The highest BCUT2D eigenvalue weighted by Crippen LogP contribution is 2.41. The molecule has 0 bridgehead atoms. The normalized spacial score (nSPS) is 23.3. The fraction of sp³-hybridized carbons (Fsp3) is 0.500. The van der Waals surface area contributed by atoms with Gasteiger partial charge in [0.25, 0.3) is 5.91 Å². The number of para-hydroxylation sites is 1. The number of carboxylic acid groups (broad SMARTS) is 1. The molecular weight excluding hydrogens is 270 g/mol. The van der Waals surface area contributed by atoms with Crippen LogP contribution in [-0.2, 0) is 4.79 Å². The smallest absolute Gasteiger partial charge is 0.323 e. The number of benzene rings is 1. The Morgan fingerprint density at radius 3 is 2.67 bits per heavy atom. The third kappa shape index (κ3) is 2.48. The van der Waals surface area contributed by atoms with Gasteiger partial charge in [-0.2, -0.15) is 0 Å². The maximum absolute atomic E-state index is 12.7. The van der Waals surface area contributed by atoms with Crippen molar-refractivity contribution >= 4 is 11.9 Å². The Hall–Kier alpha value is -2.04. The first-order chi connectivity index (χ1) is 9.99. The largest absolute Gasteiger partial charge is 0.489 e. The highest BCUT2D eigenvalue weighted by atomic mass is 16.5. The summed E-state index contributed by atoms with van der Waals surface area (Å²) in [6.07, 6.45) is 1.78. The van der Waals surface area contributed by atoms with Crippen LogP contribution in [-0.4, -0.2) is 40.6 Å². The van der Waals surface area contributed by atoms with E-state index in [-0.39, 0.29) is 30.5 Å². The molecule has 0 aromatic heterocycles. The van der Waals surface area contributed by atoms with Crippen LogP contribution in [0, 0.1) is 0 Å². The zero-order valence-corrected chi connectivity index (χ0v) is 12.2. The molecular formula is C16H19NO4. The van der Waals surface area contributed by atoms with Gasteiger partial charge in [-0.05, 0) is 25.8 Å². The second-order valence-electron chi connectivity index (χ2n) is 5.89. The van der Waals surface area contributed by atoms with Crippen molar-refractivity contribution in [1.82, 2.24) is 4.90 Å². The van der Waals surface area contributed by atoms with Gasteiger partial charge in [-0.15, -0.1) is 0 Å². The number of ether oxygens (including phenoxy) is 1. The predicted octanol–water partition coefficient (Wildman–Crippen LogP) is 2.26. The van der Waals surface area contributed by atoms with Gasteiger partial charge in [-0.25, -0.2) is 0 Å². The lowest BCUT2D eigenvalue weighted by Crippen LogP contribution is -2.37. The van der Waals surface area contributed by atoms with E-state index in [2.05, 4.69) is 6.92 Å². The Bertz CT molecular complexity index is 594. The number of carbonyl (C=O) groups is 2. The number of nitrogens with zero attached hydrogens (tertiary/aromatic N) is 1. The first kappa shape index (κ1) is 13.9. The number of carboxylic acids is 1. The van der Waals surface area contributed by atoms with E-state index in [1.54, 1.807) is 6.07 Å². The van der Waals surface area contributed by atoms with Gasteiger partial charge in [-0.1, -0.05) is 19.1 Å². The van der Waals surface area contributed by atoms with E-state index in [0.29, 0.717) is 11.3 Å². The topological polar surface area (TPSA) is 66.8 Å². The van der Waals surface area contributed by atoms with Crippen LogP contribution < -0.4 is 4.74 Å². The van der Waals surface area contributed by atoms with E-state index in [1.165, 1.54) is 4.90 Å². The molecule has 1 aliphatic carbocycles. The van der Waals surface area contributed by atoms with Gasteiger partial charge in [0.2, 0.25) is 0 Å². The van der Waals surface area contributed by atoms with Crippen molar-refractivity contribution in [3.8, 4) is 5.75 Å². The first-order valence-corrected chi connectivity index (χ1v) is 7.31. The summed E-state index contributed by atoms with van der Waals surface area (Å²) in [5.41, 5.74) is 1.51. The van der Waals surface area contributed by atoms with Crippen molar-refractivity contribution in [3.05, 3.63) is 29.3 Å². The molecule has 0 saturated heterocycles. The third-order valence-corrected chi connectivity index (χ3v) is 4.33. The van der Waals surface area contributed by atoms with Gasteiger partial charge >= 0.3 is 5.97 Å². The molecule has 1 fully saturated rings. The summed E-state index contributed by atoms with van der Waals surface area (Å²) in [5.74, 6) is -0.358. The van der Waals surface area contributed by atoms with Gasteiger partial charge in [0, 0.05) is 17.5 Å². The molecule has 112 valence electrons. The maximum atomic E-state index is 12.7. The van der Waals surface area contributed by atoms with Crippen LogP contribution in [0.4, 0.5) is 0 Å². The van der Waals surface area contributed by atoms with Gasteiger partial charge in [0.1, 0.15) is 18.4 Å². The molecule has 1 aromatic rings. The number of rotatable bonds is 4. The maximum Gasteiger partial charge on any atom is 0.323 e. The average molecular weight is 289 g/mol. The molecule has 1 heterocycles. The molecule has 1 aliphatic heterocycles. The SMILES string of the molecule is CC1Oc2c(C(=O)N(CC(=O)O)C3CC3)cccc2C1C. The molecule has 1 N–H and O–H groups in total. The number of hydrogen-bond acceptors (Lipinski definition) is 3. The van der Waals surface area contributed by atoms with Gasteiger partial charge in [-0.3, -0.25) is 9.59 Å². The lowest BCUT2D eigenvalue weighted by molar-refractivity contribution is -0.137. The Labute approximate surface area is 123 Å². The van der Waals surface area contributed by atoms with Crippen molar-refractivity contribution in [2.24, 2.45) is 0 Å². The fourth-order valence-corrected chi connectivity index (χ4v) is 2.81. The molecule has 1 aromatic carbocycles. The molecule has 21 heavy (non-hydrogen) atoms. The summed E-state index contributed by atoms with van der Waals surface area (Å²) in [5, 5.41) is 9.01. The molecule has 3 rings (SSSR count). The molecule has 2 atom stereocenters. The molecule has 5 nitrogen and oxygen atoms in total. The summed E-state index contributed by atoms with van der Waals surface area (Å²) in [7, 11) is 0. The molecule has 5 heteroatoms. The average Bonchev–Trinajstić information content (AvgIpc) is 3.23. The van der Waals surface area contributed by atoms with E-state index < -0.39 is 5.97 Å². The Morgan fingerprint density at radius 2 is 2.05 bits per heavy atom. The minimum atomic E-state index is -0.981. The van der Waals surface area contributed by atoms with Crippen LogP contribution in [0.25, 0.3) is 0 Å². The van der Waals surface area contributed by atoms with Crippen LogP contribution in [0.1, 0.15) is 48.5 Å². The van der Waals surface area contributed by atoms with Crippen LogP contribution in [0.3, 0.4) is 0 Å². The van der Waals surface area contributed by atoms with Crippen molar-refractivity contribution in [2.75, 3.05) is 6.54 Å². The van der Waals surface area contributed by atoms with Crippen molar-refractivity contribution < 1.29 is 19.4 Å². The minimum Gasteiger partial charge on any atom is -0.489 e. The second-order valence-corrected chi connectivity index (χ2v) is 5.89. The third-order valence-electron chi connectivity index (χ3n) is 4.33. The quantitative estimate of drug-likeness (QED) is 0.923. The summed E-state index contributed by atoms with van der Waals surface area (Å²) < 4.78 is 5.83. The van der Waals surface area contributed by atoms with Gasteiger partial charge < -0.3 is 14.7 Å². The summed E-state index contributed by atoms with van der Waals surface area (Å²) >= 11 is 0. The number of aliphatic carboxylic acids is 1. The number of amides is 1. The summed E-state index contributed by atoms with van der Waals surface area (Å²) in [4.78, 5) is 25.2. The van der Waals surface area contributed by atoms with E-state index >= 15 is 0 Å².